The highest BCUT2D eigenvalue weighted by molar-refractivity contribution is 7.90. The Labute approximate surface area is 117 Å². The lowest BCUT2D eigenvalue weighted by Gasteiger charge is -2.18. The van der Waals surface area contributed by atoms with E-state index < -0.39 is 17.2 Å². The van der Waals surface area contributed by atoms with Gasteiger partial charge in [0.1, 0.15) is 18.4 Å². The molecule has 19 heavy (non-hydrogen) atoms. The molecular weight excluding hydrogens is 262 g/mol. The van der Waals surface area contributed by atoms with Crippen LogP contribution in [0, 0.1) is 13.8 Å². The summed E-state index contributed by atoms with van der Waals surface area (Å²) >= 11 is -0.938. The Kier molecular flexibility index (Phi) is 6.18. The van der Waals surface area contributed by atoms with Crippen molar-refractivity contribution in [3.8, 4) is 0 Å². The van der Waals surface area contributed by atoms with Crippen LogP contribution in [-0.4, -0.2) is 35.2 Å². The minimum Gasteiger partial charge on any atom is -0.616 e. The third kappa shape index (κ3) is 5.12. The monoisotopic (exact) mass is 283 g/mol. The minimum atomic E-state index is -0.938. The van der Waals surface area contributed by atoms with E-state index in [1.54, 1.807) is 13.2 Å². The summed E-state index contributed by atoms with van der Waals surface area (Å²) in [5.74, 6) is 0.0510. The van der Waals surface area contributed by atoms with E-state index in [-0.39, 0.29) is 12.6 Å². The van der Waals surface area contributed by atoms with Gasteiger partial charge in [-0.2, -0.15) is 0 Å². The van der Waals surface area contributed by atoms with Gasteiger partial charge in [0.2, 0.25) is 0 Å². The number of carbonyl (C=O) groups excluding carboxylic acids is 1. The Hall–Kier alpha value is -1.20. The molecule has 0 radical (unpaired) electrons. The second kappa shape index (κ2) is 7.40. The molecule has 0 heterocycles. The molecule has 0 aliphatic carbocycles. The highest BCUT2D eigenvalue weighted by Gasteiger charge is 2.16. The van der Waals surface area contributed by atoms with Gasteiger partial charge in [0.25, 0.3) is 0 Å². The predicted molar refractivity (Wildman–Crippen MR) is 78.9 cm³/mol. The fourth-order valence-corrected chi connectivity index (χ4v) is 2.02. The van der Waals surface area contributed by atoms with Crippen LogP contribution in [-0.2, 0) is 20.7 Å². The molecule has 1 aromatic carbocycles. The molecule has 0 saturated heterocycles. The first-order chi connectivity index (χ1) is 8.91. The number of benzene rings is 1. The number of ether oxygens (including phenoxy) is 1. The number of hydrogen-bond donors (Lipinski definition) is 1. The number of rotatable bonds is 6. The first-order valence-corrected chi connectivity index (χ1v) is 7.94. The summed E-state index contributed by atoms with van der Waals surface area (Å²) < 4.78 is 16.0. The van der Waals surface area contributed by atoms with Crippen molar-refractivity contribution >= 4 is 22.8 Å². The maximum atomic E-state index is 11.8. The van der Waals surface area contributed by atoms with Crippen molar-refractivity contribution in [1.82, 2.24) is 0 Å². The number of carbonyl (C=O) groups is 1. The molecule has 0 aliphatic heterocycles. The molecule has 0 aromatic heterocycles. The summed E-state index contributed by atoms with van der Waals surface area (Å²) in [4.78, 5) is 11.8. The van der Waals surface area contributed by atoms with Gasteiger partial charge in [-0.05, 0) is 31.9 Å². The van der Waals surface area contributed by atoms with Gasteiger partial charge in [-0.15, -0.1) is 0 Å². The van der Waals surface area contributed by atoms with Crippen LogP contribution in [0.15, 0.2) is 18.2 Å². The number of esters is 1. The lowest BCUT2D eigenvalue weighted by Crippen LogP contribution is -2.30. The second-order valence-corrected chi connectivity index (χ2v) is 6.13. The summed E-state index contributed by atoms with van der Waals surface area (Å²) in [5, 5.41) is 3.17. The highest BCUT2D eigenvalue weighted by Crippen LogP contribution is 2.20. The minimum absolute atomic E-state index is 0.195. The quantitative estimate of drug-likeness (QED) is 0.641. The van der Waals surface area contributed by atoms with E-state index in [9.17, 15) is 9.35 Å². The van der Waals surface area contributed by atoms with E-state index in [4.69, 9.17) is 4.74 Å². The smallest absolute Gasteiger partial charge is 0.328 e. The molecule has 2 unspecified atom stereocenters. The van der Waals surface area contributed by atoms with Crippen molar-refractivity contribution in [1.29, 1.82) is 0 Å². The van der Waals surface area contributed by atoms with Crippen LogP contribution >= 0.6 is 0 Å². The van der Waals surface area contributed by atoms with Crippen LogP contribution in [0.3, 0.4) is 0 Å². The number of para-hydroxylation sites is 1. The van der Waals surface area contributed by atoms with Crippen molar-refractivity contribution in [3.63, 3.8) is 0 Å². The Balaban J connectivity index is 2.54. The molecule has 0 saturated carbocycles. The van der Waals surface area contributed by atoms with E-state index >= 15 is 0 Å². The Morgan fingerprint density at radius 2 is 2.00 bits per heavy atom. The normalized spacial score (nSPS) is 13.7. The summed E-state index contributed by atoms with van der Waals surface area (Å²) in [6.07, 6.45) is 1.59. The Morgan fingerprint density at radius 3 is 2.53 bits per heavy atom. The molecule has 0 amide bonds. The maximum absolute atomic E-state index is 11.8. The zero-order valence-corrected chi connectivity index (χ0v) is 12.7. The van der Waals surface area contributed by atoms with Gasteiger partial charge in [0, 0.05) is 5.69 Å². The summed E-state index contributed by atoms with van der Waals surface area (Å²) in [6, 6.07) is 5.54. The van der Waals surface area contributed by atoms with Crippen LogP contribution in [0.4, 0.5) is 5.69 Å². The molecule has 0 bridgehead atoms. The van der Waals surface area contributed by atoms with Gasteiger partial charge in [0.15, 0.2) is 0 Å². The van der Waals surface area contributed by atoms with E-state index in [0.29, 0.717) is 5.75 Å². The van der Waals surface area contributed by atoms with Gasteiger partial charge in [-0.3, -0.25) is 0 Å². The third-order valence-electron chi connectivity index (χ3n) is 2.81. The third-order valence-corrected chi connectivity index (χ3v) is 3.55. The lowest BCUT2D eigenvalue weighted by atomic mass is 10.1. The Morgan fingerprint density at radius 1 is 1.42 bits per heavy atom. The first kappa shape index (κ1) is 15.9. The van der Waals surface area contributed by atoms with E-state index in [0.717, 1.165) is 16.8 Å². The molecule has 4 nitrogen and oxygen atoms in total. The highest BCUT2D eigenvalue weighted by atomic mass is 32.2. The predicted octanol–water partition coefficient (Wildman–Crippen LogP) is 2.03. The Bertz CT molecular complexity index is 414. The largest absolute Gasteiger partial charge is 0.616 e. The fraction of sp³-hybridized carbons (Fsp3) is 0.500. The topological polar surface area (TPSA) is 61.4 Å². The van der Waals surface area contributed by atoms with Crippen LogP contribution in [0.1, 0.15) is 18.1 Å². The number of nitrogens with one attached hydrogen (secondary N) is 1. The summed E-state index contributed by atoms with van der Waals surface area (Å²) in [7, 11) is 0. The zero-order chi connectivity index (χ0) is 14.4. The first-order valence-electron chi connectivity index (χ1n) is 6.21. The molecular formula is C14H21NO3S. The summed E-state index contributed by atoms with van der Waals surface area (Å²) in [5.41, 5.74) is 3.15. The second-order valence-electron chi connectivity index (χ2n) is 4.58. The number of hydrogen-bond acceptors (Lipinski definition) is 4. The molecule has 106 valence electrons. The van der Waals surface area contributed by atoms with Gasteiger partial charge in [-0.25, -0.2) is 4.79 Å². The summed E-state index contributed by atoms with van der Waals surface area (Å²) in [6.45, 7) is 5.94. The maximum Gasteiger partial charge on any atom is 0.328 e. The van der Waals surface area contributed by atoms with Gasteiger partial charge in [-0.1, -0.05) is 29.4 Å². The fourth-order valence-electron chi connectivity index (χ4n) is 1.70. The molecule has 0 fully saturated rings. The van der Waals surface area contributed by atoms with Gasteiger partial charge < -0.3 is 14.6 Å². The molecule has 0 aliphatic rings. The molecule has 5 heteroatoms. The molecule has 1 aromatic rings. The molecule has 2 atom stereocenters. The lowest BCUT2D eigenvalue weighted by molar-refractivity contribution is -0.143. The van der Waals surface area contributed by atoms with Crippen molar-refractivity contribution < 1.29 is 14.1 Å². The number of anilines is 1. The average Bonchev–Trinajstić information content (AvgIpc) is 2.33. The standard InChI is InChI=1S/C14H21NO3S/c1-10-6-5-7-11(2)13(10)15-12(3)14(16)18-8-9-19(4)17/h5-7,12,15H,8-9H2,1-4H3. The number of aryl methyl sites for hydroxylation is 2. The van der Waals surface area contributed by atoms with Crippen molar-refractivity contribution in [2.45, 2.75) is 26.8 Å². The molecule has 1 N–H and O–H groups in total. The SMILES string of the molecule is Cc1cccc(C)c1NC(C)C(=O)OCC[S+](C)[O-]. The average molecular weight is 283 g/mol. The van der Waals surface area contributed by atoms with Crippen molar-refractivity contribution in [2.24, 2.45) is 0 Å². The van der Waals surface area contributed by atoms with Crippen molar-refractivity contribution in [2.75, 3.05) is 23.9 Å². The van der Waals surface area contributed by atoms with E-state index in [2.05, 4.69) is 5.32 Å². The van der Waals surface area contributed by atoms with Crippen LogP contribution in [0.5, 0.6) is 0 Å². The van der Waals surface area contributed by atoms with Gasteiger partial charge in [0.05, 0.1) is 6.26 Å². The van der Waals surface area contributed by atoms with E-state index in [1.165, 1.54) is 0 Å². The van der Waals surface area contributed by atoms with Crippen LogP contribution < -0.4 is 5.32 Å². The molecule has 0 spiro atoms. The zero-order valence-electron chi connectivity index (χ0n) is 11.9. The van der Waals surface area contributed by atoms with Gasteiger partial charge >= 0.3 is 5.97 Å². The van der Waals surface area contributed by atoms with E-state index in [1.807, 2.05) is 32.0 Å². The van der Waals surface area contributed by atoms with Crippen LogP contribution in [0.25, 0.3) is 0 Å². The van der Waals surface area contributed by atoms with Crippen molar-refractivity contribution in [3.05, 3.63) is 29.3 Å². The van der Waals surface area contributed by atoms with Crippen LogP contribution in [0.2, 0.25) is 0 Å². The molecule has 1 rings (SSSR count).